The van der Waals surface area contributed by atoms with Gasteiger partial charge in [-0.25, -0.2) is 4.98 Å². The second kappa shape index (κ2) is 6.25. The van der Waals surface area contributed by atoms with Crippen molar-refractivity contribution in [1.82, 2.24) is 25.1 Å². The van der Waals surface area contributed by atoms with Gasteiger partial charge in [0.25, 0.3) is 0 Å². The van der Waals surface area contributed by atoms with Gasteiger partial charge in [0.2, 0.25) is 5.91 Å². The number of hydrogen-bond donors (Lipinski definition) is 1. The van der Waals surface area contributed by atoms with Gasteiger partial charge in [-0.2, -0.15) is 5.10 Å². The van der Waals surface area contributed by atoms with Crippen molar-refractivity contribution in [1.29, 1.82) is 0 Å². The van der Waals surface area contributed by atoms with Crippen molar-refractivity contribution in [2.45, 2.75) is 45.6 Å². The number of aryl methyl sites for hydroxylation is 2. The van der Waals surface area contributed by atoms with E-state index in [1.165, 1.54) is 0 Å². The lowest BCUT2D eigenvalue weighted by Crippen LogP contribution is -2.40. The minimum absolute atomic E-state index is 0.00616. The summed E-state index contributed by atoms with van der Waals surface area (Å²) < 4.78 is 0. The summed E-state index contributed by atoms with van der Waals surface area (Å²) in [5.41, 5.74) is 2.09. The molecule has 0 unspecified atom stereocenters. The van der Waals surface area contributed by atoms with E-state index in [2.05, 4.69) is 20.2 Å². The van der Waals surface area contributed by atoms with Crippen molar-refractivity contribution in [2.75, 3.05) is 6.54 Å². The molecule has 0 saturated carbocycles. The molecule has 2 aromatic rings. The van der Waals surface area contributed by atoms with Crippen molar-refractivity contribution in [3.8, 4) is 0 Å². The SMILES string of the molecule is Cc1nc([C@H]2CCCCN2C(=O)Cc2ccncc2C)n[nH]1. The largest absolute Gasteiger partial charge is 0.332 e. The summed E-state index contributed by atoms with van der Waals surface area (Å²) in [5, 5.41) is 7.13. The third-order valence-corrected chi connectivity index (χ3v) is 4.21. The van der Waals surface area contributed by atoms with E-state index in [0.29, 0.717) is 6.42 Å². The third-order valence-electron chi connectivity index (χ3n) is 4.21. The average Bonchev–Trinajstić information content (AvgIpc) is 2.96. The fourth-order valence-electron chi connectivity index (χ4n) is 2.97. The van der Waals surface area contributed by atoms with Crippen molar-refractivity contribution < 1.29 is 4.79 Å². The zero-order valence-electron chi connectivity index (χ0n) is 13.0. The van der Waals surface area contributed by atoms with Gasteiger partial charge in [-0.3, -0.25) is 14.9 Å². The third kappa shape index (κ3) is 3.00. The Kier molecular flexibility index (Phi) is 4.18. The smallest absolute Gasteiger partial charge is 0.227 e. The first kappa shape index (κ1) is 14.7. The Hall–Kier alpha value is -2.24. The summed E-state index contributed by atoms with van der Waals surface area (Å²) in [6.45, 7) is 4.65. The van der Waals surface area contributed by atoms with E-state index in [4.69, 9.17) is 0 Å². The molecule has 1 amide bonds. The number of rotatable bonds is 3. The standard InChI is InChI=1S/C16H21N5O/c1-11-10-17-7-6-13(11)9-15(22)21-8-4-3-5-14(21)16-18-12(2)19-20-16/h6-7,10,14H,3-5,8-9H2,1-2H3,(H,18,19,20)/t14-/m1/s1. The molecule has 3 rings (SSSR count). The summed E-state index contributed by atoms with van der Waals surface area (Å²) in [4.78, 5) is 23.2. The number of nitrogens with zero attached hydrogens (tertiary/aromatic N) is 4. The van der Waals surface area contributed by atoms with Crippen LogP contribution in [0.25, 0.3) is 0 Å². The molecule has 3 heterocycles. The Morgan fingerprint density at radius 3 is 3.00 bits per heavy atom. The van der Waals surface area contributed by atoms with E-state index in [1.807, 2.05) is 24.8 Å². The lowest BCUT2D eigenvalue weighted by molar-refractivity contribution is -0.134. The minimum Gasteiger partial charge on any atom is -0.332 e. The molecule has 2 aromatic heterocycles. The van der Waals surface area contributed by atoms with Gasteiger partial charge in [-0.05, 0) is 50.3 Å². The summed E-state index contributed by atoms with van der Waals surface area (Å²) >= 11 is 0. The maximum atomic E-state index is 12.8. The summed E-state index contributed by atoms with van der Waals surface area (Å²) in [7, 11) is 0. The Balaban J connectivity index is 1.78. The quantitative estimate of drug-likeness (QED) is 0.942. The highest BCUT2D eigenvalue weighted by molar-refractivity contribution is 5.79. The van der Waals surface area contributed by atoms with E-state index in [0.717, 1.165) is 48.6 Å². The lowest BCUT2D eigenvalue weighted by atomic mass is 9.99. The van der Waals surface area contributed by atoms with Crippen molar-refractivity contribution in [3.05, 3.63) is 41.2 Å². The molecule has 0 spiro atoms. The first-order chi connectivity index (χ1) is 10.6. The number of amides is 1. The number of carbonyl (C=O) groups is 1. The number of aromatic nitrogens is 4. The summed E-state index contributed by atoms with van der Waals surface area (Å²) in [5.74, 6) is 1.66. The van der Waals surface area contributed by atoms with E-state index >= 15 is 0 Å². The minimum atomic E-state index is -0.00616. The molecule has 1 saturated heterocycles. The maximum Gasteiger partial charge on any atom is 0.227 e. The Morgan fingerprint density at radius 2 is 2.27 bits per heavy atom. The highest BCUT2D eigenvalue weighted by Gasteiger charge is 2.30. The molecule has 1 aliphatic rings. The highest BCUT2D eigenvalue weighted by Crippen LogP contribution is 2.29. The van der Waals surface area contributed by atoms with Gasteiger partial charge >= 0.3 is 0 Å². The van der Waals surface area contributed by atoms with Crippen LogP contribution in [-0.4, -0.2) is 37.5 Å². The van der Waals surface area contributed by atoms with Gasteiger partial charge < -0.3 is 4.90 Å². The number of hydrogen-bond acceptors (Lipinski definition) is 4. The molecular weight excluding hydrogens is 278 g/mol. The Bertz CT molecular complexity index is 666. The fourth-order valence-corrected chi connectivity index (χ4v) is 2.97. The molecule has 6 heteroatoms. The molecule has 116 valence electrons. The number of carbonyl (C=O) groups excluding carboxylic acids is 1. The molecule has 6 nitrogen and oxygen atoms in total. The fraction of sp³-hybridized carbons (Fsp3) is 0.500. The highest BCUT2D eigenvalue weighted by atomic mass is 16.2. The first-order valence-corrected chi connectivity index (χ1v) is 7.73. The molecule has 0 aliphatic carbocycles. The van der Waals surface area contributed by atoms with E-state index in [-0.39, 0.29) is 11.9 Å². The topological polar surface area (TPSA) is 74.8 Å². The van der Waals surface area contributed by atoms with Crippen LogP contribution in [0.4, 0.5) is 0 Å². The number of H-pyrrole nitrogens is 1. The number of nitrogens with one attached hydrogen (secondary N) is 1. The van der Waals surface area contributed by atoms with Crippen LogP contribution in [0.3, 0.4) is 0 Å². The van der Waals surface area contributed by atoms with Gasteiger partial charge in [-0.1, -0.05) is 0 Å². The molecule has 1 aliphatic heterocycles. The molecular formula is C16H21N5O. The molecule has 1 atom stereocenters. The second-order valence-electron chi connectivity index (χ2n) is 5.86. The van der Waals surface area contributed by atoms with Crippen LogP contribution in [-0.2, 0) is 11.2 Å². The average molecular weight is 299 g/mol. The maximum absolute atomic E-state index is 12.8. The molecule has 1 N–H and O–H groups in total. The number of likely N-dealkylation sites (tertiary alicyclic amines) is 1. The van der Waals surface area contributed by atoms with Crippen molar-refractivity contribution >= 4 is 5.91 Å². The van der Waals surface area contributed by atoms with Crippen LogP contribution in [0.1, 0.15) is 48.1 Å². The first-order valence-electron chi connectivity index (χ1n) is 7.73. The molecule has 0 aromatic carbocycles. The Labute approximate surface area is 130 Å². The van der Waals surface area contributed by atoms with E-state index < -0.39 is 0 Å². The number of piperidine rings is 1. The summed E-state index contributed by atoms with van der Waals surface area (Å²) in [6, 6.07) is 1.91. The zero-order chi connectivity index (χ0) is 15.5. The van der Waals surface area contributed by atoms with Gasteiger partial charge in [0.05, 0.1) is 12.5 Å². The normalized spacial score (nSPS) is 18.5. The predicted molar refractivity (Wildman–Crippen MR) is 82.1 cm³/mol. The zero-order valence-corrected chi connectivity index (χ0v) is 13.0. The van der Waals surface area contributed by atoms with Crippen LogP contribution < -0.4 is 0 Å². The molecule has 1 fully saturated rings. The lowest BCUT2D eigenvalue weighted by Gasteiger charge is -2.34. The second-order valence-corrected chi connectivity index (χ2v) is 5.86. The molecule has 22 heavy (non-hydrogen) atoms. The van der Waals surface area contributed by atoms with Crippen LogP contribution in [0.15, 0.2) is 18.5 Å². The van der Waals surface area contributed by atoms with Crippen LogP contribution >= 0.6 is 0 Å². The molecule has 0 radical (unpaired) electrons. The number of pyridine rings is 1. The molecule has 0 bridgehead atoms. The number of aromatic amines is 1. The Morgan fingerprint density at radius 1 is 1.41 bits per heavy atom. The van der Waals surface area contributed by atoms with Crippen LogP contribution in [0, 0.1) is 13.8 Å². The van der Waals surface area contributed by atoms with Crippen molar-refractivity contribution in [3.63, 3.8) is 0 Å². The van der Waals surface area contributed by atoms with E-state index in [1.54, 1.807) is 12.4 Å². The van der Waals surface area contributed by atoms with Crippen molar-refractivity contribution in [2.24, 2.45) is 0 Å². The monoisotopic (exact) mass is 299 g/mol. The van der Waals surface area contributed by atoms with Gasteiger partial charge in [0.1, 0.15) is 5.82 Å². The summed E-state index contributed by atoms with van der Waals surface area (Å²) in [6.07, 6.45) is 7.03. The van der Waals surface area contributed by atoms with Gasteiger partial charge in [0, 0.05) is 18.9 Å². The predicted octanol–water partition coefficient (Wildman–Crippen LogP) is 2.11. The van der Waals surface area contributed by atoms with E-state index in [9.17, 15) is 4.79 Å². The van der Waals surface area contributed by atoms with Gasteiger partial charge in [0.15, 0.2) is 5.82 Å². The van der Waals surface area contributed by atoms with Gasteiger partial charge in [-0.15, -0.1) is 0 Å². The van der Waals surface area contributed by atoms with Crippen LogP contribution in [0.5, 0.6) is 0 Å². The van der Waals surface area contributed by atoms with Crippen LogP contribution in [0.2, 0.25) is 0 Å².